The van der Waals surface area contributed by atoms with Gasteiger partial charge in [0.05, 0.1) is 17.0 Å². The molecule has 9 heteroatoms. The highest BCUT2D eigenvalue weighted by atomic mass is 35.5. The number of anilines is 1. The van der Waals surface area contributed by atoms with E-state index >= 15 is 0 Å². The molecule has 146 valence electrons. The third-order valence-corrected chi connectivity index (χ3v) is 4.34. The van der Waals surface area contributed by atoms with Gasteiger partial charge in [0.25, 0.3) is 0 Å². The number of nitrogens with one attached hydrogen (secondary N) is 2. The van der Waals surface area contributed by atoms with Gasteiger partial charge < -0.3 is 15.1 Å². The van der Waals surface area contributed by atoms with Crippen molar-refractivity contribution in [2.75, 3.05) is 11.9 Å². The van der Waals surface area contributed by atoms with Gasteiger partial charge in [-0.1, -0.05) is 11.6 Å². The number of nitrogens with zero attached hydrogens (tertiary/aromatic N) is 2. The molecule has 1 unspecified atom stereocenters. The fourth-order valence-electron chi connectivity index (χ4n) is 2.78. The topological polar surface area (TPSA) is 89.2 Å². The summed E-state index contributed by atoms with van der Waals surface area (Å²) in [4.78, 5) is 24.3. The minimum atomic E-state index is -0.894. The molecule has 0 aliphatic carbocycles. The SMILES string of the molecule is Cc1cc(C)n(C(CNC(=O)C(=O)Nc2ccc(F)c(Cl)c2)c2ccco2)n1. The number of hydrogen-bond acceptors (Lipinski definition) is 4. The van der Waals surface area contributed by atoms with Gasteiger partial charge in [0.2, 0.25) is 0 Å². The summed E-state index contributed by atoms with van der Waals surface area (Å²) < 4.78 is 20.4. The molecule has 2 N–H and O–H groups in total. The molecule has 28 heavy (non-hydrogen) atoms. The monoisotopic (exact) mass is 404 g/mol. The van der Waals surface area contributed by atoms with Crippen LogP contribution < -0.4 is 10.6 Å². The van der Waals surface area contributed by atoms with Crippen molar-refractivity contribution >= 4 is 29.1 Å². The summed E-state index contributed by atoms with van der Waals surface area (Å²) in [7, 11) is 0. The average Bonchev–Trinajstić information content (AvgIpc) is 3.28. The number of hydrogen-bond donors (Lipinski definition) is 2. The highest BCUT2D eigenvalue weighted by molar-refractivity contribution is 6.39. The second-order valence-electron chi connectivity index (χ2n) is 6.20. The quantitative estimate of drug-likeness (QED) is 0.639. The number of rotatable bonds is 5. The van der Waals surface area contributed by atoms with Crippen LogP contribution in [-0.4, -0.2) is 28.1 Å². The lowest BCUT2D eigenvalue weighted by Crippen LogP contribution is -2.39. The lowest BCUT2D eigenvalue weighted by atomic mass is 10.2. The number of halogens is 2. The molecule has 0 aliphatic rings. The Morgan fingerprint density at radius 3 is 2.64 bits per heavy atom. The van der Waals surface area contributed by atoms with Gasteiger partial charge in [-0.05, 0) is 50.2 Å². The zero-order valence-corrected chi connectivity index (χ0v) is 16.0. The predicted molar refractivity (Wildman–Crippen MR) is 102 cm³/mol. The van der Waals surface area contributed by atoms with E-state index < -0.39 is 23.7 Å². The second-order valence-corrected chi connectivity index (χ2v) is 6.60. The van der Waals surface area contributed by atoms with Crippen LogP contribution in [-0.2, 0) is 9.59 Å². The maximum atomic E-state index is 13.2. The predicted octanol–water partition coefficient (Wildman–Crippen LogP) is 3.23. The lowest BCUT2D eigenvalue weighted by Gasteiger charge is -2.18. The average molecular weight is 405 g/mol. The minimum Gasteiger partial charge on any atom is -0.467 e. The Morgan fingerprint density at radius 1 is 1.25 bits per heavy atom. The van der Waals surface area contributed by atoms with Crippen molar-refractivity contribution in [1.82, 2.24) is 15.1 Å². The van der Waals surface area contributed by atoms with Crippen LogP contribution in [0.5, 0.6) is 0 Å². The van der Waals surface area contributed by atoms with E-state index in [0.29, 0.717) is 5.76 Å². The third kappa shape index (κ3) is 4.40. The Labute approximate surface area is 165 Å². The molecule has 1 atom stereocenters. The first-order valence-electron chi connectivity index (χ1n) is 8.45. The summed E-state index contributed by atoms with van der Waals surface area (Å²) in [6.07, 6.45) is 1.53. The third-order valence-electron chi connectivity index (χ3n) is 4.05. The first-order chi connectivity index (χ1) is 13.3. The van der Waals surface area contributed by atoms with E-state index in [9.17, 15) is 14.0 Å². The Bertz CT molecular complexity index is 1000. The number of furan rings is 1. The van der Waals surface area contributed by atoms with E-state index in [1.807, 2.05) is 19.9 Å². The van der Waals surface area contributed by atoms with Crippen LogP contribution in [0.2, 0.25) is 5.02 Å². The summed E-state index contributed by atoms with van der Waals surface area (Å²) in [5.41, 5.74) is 1.93. The summed E-state index contributed by atoms with van der Waals surface area (Å²) >= 11 is 5.67. The zero-order chi connectivity index (χ0) is 20.3. The number of aryl methyl sites for hydroxylation is 2. The number of benzene rings is 1. The fraction of sp³-hybridized carbons (Fsp3) is 0.211. The van der Waals surface area contributed by atoms with Gasteiger partial charge >= 0.3 is 11.8 Å². The molecule has 2 aromatic heterocycles. The van der Waals surface area contributed by atoms with Gasteiger partial charge in [0.15, 0.2) is 0 Å². The number of carbonyl (C=O) groups is 2. The zero-order valence-electron chi connectivity index (χ0n) is 15.2. The van der Waals surface area contributed by atoms with E-state index in [4.69, 9.17) is 16.0 Å². The highest BCUT2D eigenvalue weighted by Crippen LogP contribution is 2.21. The molecule has 0 spiro atoms. The molecule has 2 heterocycles. The van der Waals surface area contributed by atoms with Gasteiger partial charge in [-0.15, -0.1) is 0 Å². The number of carbonyl (C=O) groups excluding carboxylic acids is 2. The summed E-state index contributed by atoms with van der Waals surface area (Å²) in [6.45, 7) is 3.84. The van der Waals surface area contributed by atoms with E-state index in [0.717, 1.165) is 17.5 Å². The van der Waals surface area contributed by atoms with Crippen molar-refractivity contribution in [1.29, 1.82) is 0 Å². The molecule has 3 aromatic rings. The first kappa shape index (κ1) is 19.6. The van der Waals surface area contributed by atoms with Gasteiger partial charge in [0, 0.05) is 17.9 Å². The molecule has 0 aliphatic heterocycles. The molecule has 0 fully saturated rings. The van der Waals surface area contributed by atoms with Gasteiger partial charge in [-0.2, -0.15) is 5.10 Å². The van der Waals surface area contributed by atoms with Crippen LogP contribution >= 0.6 is 11.6 Å². The minimum absolute atomic E-state index is 0.0892. The molecule has 3 rings (SSSR count). The van der Waals surface area contributed by atoms with Crippen LogP contribution in [0.3, 0.4) is 0 Å². The maximum absolute atomic E-state index is 13.2. The maximum Gasteiger partial charge on any atom is 0.313 e. The fourth-order valence-corrected chi connectivity index (χ4v) is 2.96. The van der Waals surface area contributed by atoms with E-state index in [1.165, 1.54) is 18.4 Å². The van der Waals surface area contributed by atoms with Crippen LogP contribution in [0.4, 0.5) is 10.1 Å². The van der Waals surface area contributed by atoms with Crippen LogP contribution in [0, 0.1) is 19.7 Å². The summed E-state index contributed by atoms with van der Waals surface area (Å²) in [6, 6.07) is 8.64. The largest absolute Gasteiger partial charge is 0.467 e. The smallest absolute Gasteiger partial charge is 0.313 e. The lowest BCUT2D eigenvalue weighted by molar-refractivity contribution is -0.136. The molecule has 7 nitrogen and oxygen atoms in total. The molecule has 0 saturated carbocycles. The standard InChI is InChI=1S/C19H18ClFN4O3/c1-11-8-12(2)25(24-11)16(17-4-3-7-28-17)10-22-18(26)19(27)23-13-5-6-15(21)14(20)9-13/h3-9,16H,10H2,1-2H3,(H,22,26)(H,23,27). The van der Waals surface area contributed by atoms with Crippen molar-refractivity contribution < 1.29 is 18.4 Å². The Kier molecular flexibility index (Phi) is 5.79. The van der Waals surface area contributed by atoms with Gasteiger partial charge in [-0.25, -0.2) is 4.39 Å². The van der Waals surface area contributed by atoms with Crippen molar-refractivity contribution in [2.45, 2.75) is 19.9 Å². The van der Waals surface area contributed by atoms with E-state index in [1.54, 1.807) is 16.8 Å². The normalized spacial score (nSPS) is 11.9. The molecule has 0 bridgehead atoms. The molecule has 0 saturated heterocycles. The van der Waals surface area contributed by atoms with Crippen molar-refractivity contribution in [3.63, 3.8) is 0 Å². The van der Waals surface area contributed by atoms with Gasteiger partial charge in [0.1, 0.15) is 17.6 Å². The summed E-state index contributed by atoms with van der Waals surface area (Å²) in [5, 5.41) is 9.23. The van der Waals surface area contributed by atoms with Crippen molar-refractivity contribution in [3.8, 4) is 0 Å². The van der Waals surface area contributed by atoms with Gasteiger partial charge in [-0.3, -0.25) is 14.3 Å². The Balaban J connectivity index is 1.68. The second kappa shape index (κ2) is 8.26. The molecule has 2 amide bonds. The number of aromatic nitrogens is 2. The van der Waals surface area contributed by atoms with E-state index in [2.05, 4.69) is 15.7 Å². The molecular weight excluding hydrogens is 387 g/mol. The van der Waals surface area contributed by atoms with Crippen LogP contribution in [0.15, 0.2) is 47.1 Å². The molecular formula is C19H18ClFN4O3. The van der Waals surface area contributed by atoms with Crippen LogP contribution in [0.1, 0.15) is 23.2 Å². The molecule has 0 radical (unpaired) electrons. The Morgan fingerprint density at radius 2 is 2.04 bits per heavy atom. The molecule has 1 aromatic carbocycles. The van der Waals surface area contributed by atoms with E-state index in [-0.39, 0.29) is 17.3 Å². The summed E-state index contributed by atoms with van der Waals surface area (Å²) in [5.74, 6) is -1.76. The number of amides is 2. The van der Waals surface area contributed by atoms with Crippen molar-refractivity contribution in [2.24, 2.45) is 0 Å². The Hall–Kier alpha value is -3.13. The first-order valence-corrected chi connectivity index (χ1v) is 8.83. The highest BCUT2D eigenvalue weighted by Gasteiger charge is 2.22. The van der Waals surface area contributed by atoms with Crippen molar-refractivity contribution in [3.05, 3.63) is 70.6 Å². The van der Waals surface area contributed by atoms with Crippen LogP contribution in [0.25, 0.3) is 0 Å².